The number of aliphatic hydroxyl groups excluding tert-OH is 2. The van der Waals surface area contributed by atoms with Crippen LogP contribution in [0.15, 0.2) is 72.9 Å². The summed E-state index contributed by atoms with van der Waals surface area (Å²) < 4.78 is 0. The maximum Gasteiger partial charge on any atom is 0.220 e. The third kappa shape index (κ3) is 41.0. The summed E-state index contributed by atoms with van der Waals surface area (Å²) in [6.45, 7) is 4.18. The number of amides is 1. The molecule has 4 heteroatoms. The third-order valence-corrected chi connectivity index (χ3v) is 10.2. The monoisotopic (exact) mass is 752 g/mol. The first-order valence-electron chi connectivity index (χ1n) is 23.2. The SMILES string of the molecule is CC/C=C\C/C=C\C/C=C\C/C=C\C/C=C\CCCCCC(=O)NC(CO)C(O)/C=C/CCCCCCCCCCCCCCCCCCCCCCC. The lowest BCUT2D eigenvalue weighted by Crippen LogP contribution is -2.45. The Balaban J connectivity index is 3.63. The van der Waals surface area contributed by atoms with E-state index in [0.717, 1.165) is 70.6 Å². The van der Waals surface area contributed by atoms with Crippen molar-refractivity contribution in [2.24, 2.45) is 0 Å². The molecule has 54 heavy (non-hydrogen) atoms. The number of carbonyl (C=O) groups is 1. The van der Waals surface area contributed by atoms with E-state index >= 15 is 0 Å². The summed E-state index contributed by atoms with van der Waals surface area (Å²) >= 11 is 0. The molecular formula is C50H89NO3. The van der Waals surface area contributed by atoms with Crippen molar-refractivity contribution in [2.45, 2.75) is 231 Å². The number of hydrogen-bond acceptors (Lipinski definition) is 3. The summed E-state index contributed by atoms with van der Waals surface area (Å²) in [7, 11) is 0. The fraction of sp³-hybridized carbons (Fsp3) is 0.740. The van der Waals surface area contributed by atoms with Gasteiger partial charge in [-0.25, -0.2) is 0 Å². The van der Waals surface area contributed by atoms with Crippen molar-refractivity contribution < 1.29 is 15.0 Å². The van der Waals surface area contributed by atoms with Crippen LogP contribution in [0.25, 0.3) is 0 Å². The van der Waals surface area contributed by atoms with Crippen molar-refractivity contribution in [3.05, 3.63) is 72.9 Å². The molecule has 0 aromatic rings. The largest absolute Gasteiger partial charge is 0.394 e. The maximum absolute atomic E-state index is 12.4. The van der Waals surface area contributed by atoms with E-state index in [0.29, 0.717) is 6.42 Å². The first-order chi connectivity index (χ1) is 26.7. The van der Waals surface area contributed by atoms with Gasteiger partial charge in [-0.3, -0.25) is 4.79 Å². The van der Waals surface area contributed by atoms with Crippen molar-refractivity contribution in [3.63, 3.8) is 0 Å². The maximum atomic E-state index is 12.4. The normalized spacial score (nSPS) is 13.6. The Bertz CT molecular complexity index is 946. The molecule has 0 saturated heterocycles. The molecule has 0 aliphatic rings. The molecule has 1 amide bonds. The van der Waals surface area contributed by atoms with E-state index in [4.69, 9.17) is 0 Å². The summed E-state index contributed by atoms with van der Waals surface area (Å²) in [5.41, 5.74) is 0. The van der Waals surface area contributed by atoms with Crippen LogP contribution in [0, 0.1) is 0 Å². The van der Waals surface area contributed by atoms with Crippen LogP contribution in [-0.2, 0) is 4.79 Å². The first-order valence-corrected chi connectivity index (χ1v) is 23.2. The van der Waals surface area contributed by atoms with Crippen molar-refractivity contribution in [1.82, 2.24) is 5.32 Å². The molecule has 0 rings (SSSR count). The van der Waals surface area contributed by atoms with E-state index in [2.05, 4.69) is 79.9 Å². The second-order valence-corrected chi connectivity index (χ2v) is 15.4. The molecule has 0 aromatic carbocycles. The Morgan fingerprint density at radius 3 is 1.22 bits per heavy atom. The van der Waals surface area contributed by atoms with Crippen LogP contribution in [0.5, 0.6) is 0 Å². The topological polar surface area (TPSA) is 69.6 Å². The Labute approximate surface area is 336 Å². The van der Waals surface area contributed by atoms with Gasteiger partial charge < -0.3 is 15.5 Å². The number of hydrogen-bond donors (Lipinski definition) is 3. The van der Waals surface area contributed by atoms with Crippen LogP contribution in [0.3, 0.4) is 0 Å². The molecular weight excluding hydrogens is 663 g/mol. The molecule has 0 spiro atoms. The van der Waals surface area contributed by atoms with Crippen LogP contribution >= 0.6 is 0 Å². The van der Waals surface area contributed by atoms with Gasteiger partial charge in [0.25, 0.3) is 0 Å². The minimum absolute atomic E-state index is 0.0966. The van der Waals surface area contributed by atoms with Gasteiger partial charge in [0.05, 0.1) is 18.8 Å². The van der Waals surface area contributed by atoms with Gasteiger partial charge in [-0.2, -0.15) is 0 Å². The van der Waals surface area contributed by atoms with E-state index in [9.17, 15) is 15.0 Å². The predicted molar refractivity (Wildman–Crippen MR) is 239 cm³/mol. The highest BCUT2D eigenvalue weighted by atomic mass is 16.3. The molecule has 0 saturated carbocycles. The summed E-state index contributed by atoms with van der Waals surface area (Å²) in [6, 6.07) is -0.644. The van der Waals surface area contributed by atoms with E-state index in [-0.39, 0.29) is 12.5 Å². The van der Waals surface area contributed by atoms with Gasteiger partial charge in [0.2, 0.25) is 5.91 Å². The van der Waals surface area contributed by atoms with E-state index in [1.54, 1.807) is 6.08 Å². The summed E-state index contributed by atoms with van der Waals surface area (Å²) in [5, 5.41) is 23.0. The molecule has 2 unspecified atom stereocenters. The van der Waals surface area contributed by atoms with E-state index in [1.807, 2.05) is 6.08 Å². The molecule has 0 radical (unpaired) electrons. The summed E-state index contributed by atoms with van der Waals surface area (Å²) in [6.07, 6.45) is 64.5. The lowest BCUT2D eigenvalue weighted by atomic mass is 10.0. The number of allylic oxidation sites excluding steroid dienone is 11. The lowest BCUT2D eigenvalue weighted by Gasteiger charge is -2.19. The van der Waals surface area contributed by atoms with Gasteiger partial charge in [0, 0.05) is 6.42 Å². The molecule has 0 aromatic heterocycles. The third-order valence-electron chi connectivity index (χ3n) is 10.2. The van der Waals surface area contributed by atoms with Crippen molar-refractivity contribution >= 4 is 5.91 Å². The molecule has 2 atom stereocenters. The first kappa shape index (κ1) is 51.8. The summed E-state index contributed by atoms with van der Waals surface area (Å²) in [4.78, 5) is 12.4. The van der Waals surface area contributed by atoms with Gasteiger partial charge in [-0.1, -0.05) is 222 Å². The lowest BCUT2D eigenvalue weighted by molar-refractivity contribution is -0.123. The molecule has 4 nitrogen and oxygen atoms in total. The highest BCUT2D eigenvalue weighted by molar-refractivity contribution is 5.76. The minimum atomic E-state index is -0.857. The Kier molecular flexibility index (Phi) is 43.4. The zero-order valence-corrected chi connectivity index (χ0v) is 35.7. The van der Waals surface area contributed by atoms with Crippen LogP contribution in [0.4, 0.5) is 0 Å². The zero-order valence-electron chi connectivity index (χ0n) is 35.7. The second-order valence-electron chi connectivity index (χ2n) is 15.4. The van der Waals surface area contributed by atoms with Gasteiger partial charge in [-0.15, -0.1) is 0 Å². The molecule has 0 heterocycles. The van der Waals surface area contributed by atoms with Gasteiger partial charge in [0.1, 0.15) is 0 Å². The second kappa shape index (κ2) is 45.2. The minimum Gasteiger partial charge on any atom is -0.394 e. The Hall–Kier alpha value is -2.17. The van der Waals surface area contributed by atoms with Crippen LogP contribution in [-0.4, -0.2) is 34.9 Å². The smallest absolute Gasteiger partial charge is 0.220 e. The van der Waals surface area contributed by atoms with Gasteiger partial charge in [0.15, 0.2) is 0 Å². The quantitative estimate of drug-likeness (QED) is 0.0430. The number of rotatable bonds is 41. The Morgan fingerprint density at radius 2 is 0.815 bits per heavy atom. The van der Waals surface area contributed by atoms with E-state index in [1.165, 1.54) is 128 Å². The number of nitrogens with one attached hydrogen (secondary N) is 1. The standard InChI is InChI=1S/C50H89NO3/c1-3-5-7-9-11-13-15-17-19-21-23-24-25-26-28-29-31-33-35-37-39-41-43-45-49(53)48(47-52)51-50(54)46-44-42-40-38-36-34-32-30-27-22-20-18-16-14-12-10-8-6-4-2/h6,8,12,14,18,20,27,30,34,36,43,45,48-49,52-53H,3-5,7,9-11,13,15-17,19,21-26,28-29,31-33,35,37-42,44,46-47H2,1-2H3,(H,51,54)/b8-6-,14-12-,20-18-,30-27-,36-34-,45-43+. The summed E-state index contributed by atoms with van der Waals surface area (Å²) in [5.74, 6) is -0.0966. The van der Waals surface area contributed by atoms with Crippen molar-refractivity contribution in [2.75, 3.05) is 6.61 Å². The van der Waals surface area contributed by atoms with E-state index < -0.39 is 12.1 Å². The number of aliphatic hydroxyl groups is 2. The highest BCUT2D eigenvalue weighted by Crippen LogP contribution is 2.15. The zero-order chi connectivity index (χ0) is 39.3. The highest BCUT2D eigenvalue weighted by Gasteiger charge is 2.17. The fourth-order valence-corrected chi connectivity index (χ4v) is 6.68. The van der Waals surface area contributed by atoms with Crippen LogP contribution in [0.1, 0.15) is 219 Å². The number of carbonyl (C=O) groups excluding carboxylic acids is 1. The average Bonchev–Trinajstić information content (AvgIpc) is 3.18. The molecule has 0 aliphatic heterocycles. The number of unbranched alkanes of at least 4 members (excludes halogenated alkanes) is 24. The van der Waals surface area contributed by atoms with Gasteiger partial charge in [-0.05, 0) is 64.2 Å². The van der Waals surface area contributed by atoms with Crippen molar-refractivity contribution in [3.8, 4) is 0 Å². The van der Waals surface area contributed by atoms with Crippen molar-refractivity contribution in [1.29, 1.82) is 0 Å². The fourth-order valence-electron chi connectivity index (χ4n) is 6.68. The van der Waals surface area contributed by atoms with Crippen LogP contribution in [0.2, 0.25) is 0 Å². The van der Waals surface area contributed by atoms with Gasteiger partial charge >= 0.3 is 0 Å². The van der Waals surface area contributed by atoms with Crippen LogP contribution < -0.4 is 5.32 Å². The molecule has 0 fully saturated rings. The molecule has 0 aliphatic carbocycles. The molecule has 0 bridgehead atoms. The Morgan fingerprint density at radius 1 is 0.463 bits per heavy atom. The molecule has 3 N–H and O–H groups in total. The molecule has 312 valence electrons. The predicted octanol–water partition coefficient (Wildman–Crippen LogP) is 14.7. The average molecular weight is 752 g/mol.